The van der Waals surface area contributed by atoms with Crippen molar-refractivity contribution >= 4 is 17.5 Å². The lowest BCUT2D eigenvalue weighted by Crippen LogP contribution is -2.53. The van der Waals surface area contributed by atoms with E-state index in [1.807, 2.05) is 84.6 Å². The first-order valence-electron chi connectivity index (χ1n) is 13.6. The second kappa shape index (κ2) is 11.2. The molecule has 2 aliphatic heterocycles. The van der Waals surface area contributed by atoms with Crippen molar-refractivity contribution in [3.63, 3.8) is 0 Å². The summed E-state index contributed by atoms with van der Waals surface area (Å²) < 4.78 is 0. The van der Waals surface area contributed by atoms with Crippen LogP contribution >= 0.6 is 0 Å². The highest BCUT2D eigenvalue weighted by molar-refractivity contribution is 5.95. The van der Waals surface area contributed by atoms with Gasteiger partial charge < -0.3 is 15.1 Å². The lowest BCUT2D eigenvalue weighted by Gasteiger charge is -2.41. The Morgan fingerprint density at radius 1 is 0.757 bits per heavy atom. The van der Waals surface area contributed by atoms with Gasteiger partial charge in [0.15, 0.2) is 0 Å². The third-order valence-corrected chi connectivity index (χ3v) is 8.15. The van der Waals surface area contributed by atoms with Crippen LogP contribution in [0.5, 0.6) is 0 Å². The number of hydrogen-bond donors (Lipinski definition) is 1. The molecule has 0 spiro atoms. The Hall–Kier alpha value is -3.60. The van der Waals surface area contributed by atoms with Gasteiger partial charge in [0.1, 0.15) is 0 Å². The highest BCUT2D eigenvalue weighted by Gasteiger charge is 2.44. The molecule has 5 heteroatoms. The standard InChI is InChI=1S/C32H37N3O2/c1-25(26-11-5-2-6-12-26)33-31(37)32(28-13-7-3-8-14-28)19-23-35(24-20-32)30(36)27-15-17-29(18-16-27)34-21-9-4-10-22-34/h2-3,5-8,11-18,25H,4,9-10,19-24H2,1H3,(H,33,37)/t25-/m0/s1. The van der Waals surface area contributed by atoms with Crippen molar-refractivity contribution in [1.82, 2.24) is 10.2 Å². The van der Waals surface area contributed by atoms with E-state index in [1.165, 1.54) is 24.9 Å². The second-order valence-corrected chi connectivity index (χ2v) is 10.4. The summed E-state index contributed by atoms with van der Waals surface area (Å²) in [7, 11) is 0. The smallest absolute Gasteiger partial charge is 0.253 e. The van der Waals surface area contributed by atoms with Gasteiger partial charge >= 0.3 is 0 Å². The zero-order valence-electron chi connectivity index (χ0n) is 21.7. The van der Waals surface area contributed by atoms with Crippen LogP contribution in [0.2, 0.25) is 0 Å². The van der Waals surface area contributed by atoms with E-state index in [-0.39, 0.29) is 17.9 Å². The van der Waals surface area contributed by atoms with Crippen LogP contribution in [-0.4, -0.2) is 42.9 Å². The van der Waals surface area contributed by atoms with Crippen LogP contribution < -0.4 is 10.2 Å². The minimum atomic E-state index is -0.654. The van der Waals surface area contributed by atoms with Crippen LogP contribution in [0.4, 0.5) is 5.69 Å². The molecule has 5 nitrogen and oxygen atoms in total. The minimum absolute atomic E-state index is 0.0352. The number of carbonyl (C=O) groups excluding carboxylic acids is 2. The summed E-state index contributed by atoms with van der Waals surface area (Å²) in [5.41, 5.74) is 3.36. The molecule has 0 unspecified atom stereocenters. The van der Waals surface area contributed by atoms with E-state index >= 15 is 0 Å². The van der Waals surface area contributed by atoms with Crippen LogP contribution in [0.15, 0.2) is 84.9 Å². The van der Waals surface area contributed by atoms with Crippen molar-refractivity contribution in [1.29, 1.82) is 0 Å². The Labute approximate surface area is 220 Å². The number of amides is 2. The Bertz CT molecular complexity index is 1180. The Morgan fingerprint density at radius 3 is 1.97 bits per heavy atom. The van der Waals surface area contributed by atoms with Gasteiger partial charge in [-0.25, -0.2) is 0 Å². The molecule has 2 amide bonds. The molecule has 5 rings (SSSR count). The lowest BCUT2D eigenvalue weighted by atomic mass is 9.71. The van der Waals surface area contributed by atoms with Crippen molar-refractivity contribution in [2.75, 3.05) is 31.1 Å². The number of piperidine rings is 2. The maximum absolute atomic E-state index is 13.8. The van der Waals surface area contributed by atoms with Gasteiger partial charge in [0.2, 0.25) is 5.91 Å². The molecule has 37 heavy (non-hydrogen) atoms. The Balaban J connectivity index is 1.29. The third kappa shape index (κ3) is 5.41. The predicted molar refractivity (Wildman–Crippen MR) is 149 cm³/mol. The van der Waals surface area contributed by atoms with Crippen LogP contribution in [0.25, 0.3) is 0 Å². The molecule has 192 valence electrons. The summed E-state index contributed by atoms with van der Waals surface area (Å²) in [6, 6.07) is 28.1. The lowest BCUT2D eigenvalue weighted by molar-refractivity contribution is -0.129. The molecule has 2 saturated heterocycles. The average molecular weight is 496 g/mol. The number of carbonyl (C=O) groups is 2. The van der Waals surface area contributed by atoms with Gasteiger partial charge in [0.05, 0.1) is 11.5 Å². The highest BCUT2D eigenvalue weighted by Crippen LogP contribution is 2.37. The molecule has 1 atom stereocenters. The molecular formula is C32H37N3O2. The third-order valence-electron chi connectivity index (χ3n) is 8.15. The van der Waals surface area contributed by atoms with Gasteiger partial charge in [-0.2, -0.15) is 0 Å². The van der Waals surface area contributed by atoms with Crippen LogP contribution in [0.1, 0.15) is 66.6 Å². The molecular weight excluding hydrogens is 458 g/mol. The van der Waals surface area contributed by atoms with Gasteiger partial charge in [0, 0.05) is 37.4 Å². The first-order chi connectivity index (χ1) is 18.1. The van der Waals surface area contributed by atoms with Gasteiger partial charge in [-0.1, -0.05) is 60.7 Å². The van der Waals surface area contributed by atoms with E-state index < -0.39 is 5.41 Å². The molecule has 3 aromatic carbocycles. The maximum Gasteiger partial charge on any atom is 0.253 e. The van der Waals surface area contributed by atoms with Crippen molar-refractivity contribution in [2.45, 2.75) is 50.5 Å². The number of likely N-dealkylation sites (tertiary alicyclic amines) is 1. The quantitative estimate of drug-likeness (QED) is 0.475. The molecule has 1 N–H and O–H groups in total. The summed E-state index contributed by atoms with van der Waals surface area (Å²) in [6.07, 6.45) is 4.96. The van der Waals surface area contributed by atoms with Crippen LogP contribution in [0.3, 0.4) is 0 Å². The van der Waals surface area contributed by atoms with E-state index in [0.29, 0.717) is 25.9 Å². The number of nitrogens with one attached hydrogen (secondary N) is 1. The van der Waals surface area contributed by atoms with Gasteiger partial charge in [0.25, 0.3) is 5.91 Å². The molecule has 2 heterocycles. The molecule has 0 saturated carbocycles. The minimum Gasteiger partial charge on any atom is -0.372 e. The first-order valence-corrected chi connectivity index (χ1v) is 13.6. The van der Waals surface area contributed by atoms with Crippen LogP contribution in [0, 0.1) is 0 Å². The molecule has 0 aromatic heterocycles. The fourth-order valence-corrected chi connectivity index (χ4v) is 5.80. The summed E-state index contributed by atoms with van der Waals surface area (Å²) in [5, 5.41) is 3.27. The summed E-state index contributed by atoms with van der Waals surface area (Å²) >= 11 is 0. The number of anilines is 1. The van der Waals surface area contributed by atoms with E-state index in [9.17, 15) is 9.59 Å². The normalized spacial score (nSPS) is 18.2. The molecule has 2 fully saturated rings. The van der Waals surface area contributed by atoms with Crippen molar-refractivity contribution in [3.05, 3.63) is 102 Å². The Kier molecular flexibility index (Phi) is 7.59. The fourth-order valence-electron chi connectivity index (χ4n) is 5.80. The molecule has 2 aliphatic rings. The number of rotatable bonds is 6. The molecule has 3 aromatic rings. The molecule has 0 bridgehead atoms. The topological polar surface area (TPSA) is 52.7 Å². The molecule has 0 aliphatic carbocycles. The number of benzene rings is 3. The largest absolute Gasteiger partial charge is 0.372 e. The summed E-state index contributed by atoms with van der Waals surface area (Å²) in [4.78, 5) is 31.5. The van der Waals surface area contributed by atoms with E-state index in [2.05, 4.69) is 22.3 Å². The van der Waals surface area contributed by atoms with Gasteiger partial charge in [-0.3, -0.25) is 9.59 Å². The fraction of sp³-hybridized carbons (Fsp3) is 0.375. The van der Waals surface area contributed by atoms with Gasteiger partial charge in [-0.05, 0) is 74.4 Å². The van der Waals surface area contributed by atoms with E-state index in [4.69, 9.17) is 0 Å². The monoisotopic (exact) mass is 495 g/mol. The van der Waals surface area contributed by atoms with E-state index in [0.717, 1.165) is 29.8 Å². The zero-order chi connectivity index (χ0) is 25.7. The van der Waals surface area contributed by atoms with Crippen molar-refractivity contribution in [2.24, 2.45) is 0 Å². The maximum atomic E-state index is 13.8. The van der Waals surface area contributed by atoms with E-state index in [1.54, 1.807) is 0 Å². The number of hydrogen-bond acceptors (Lipinski definition) is 3. The Morgan fingerprint density at radius 2 is 1.35 bits per heavy atom. The molecule has 0 radical (unpaired) electrons. The SMILES string of the molecule is C[C@H](NC(=O)C1(c2ccccc2)CCN(C(=O)c2ccc(N3CCCCC3)cc2)CC1)c1ccccc1. The second-order valence-electron chi connectivity index (χ2n) is 10.4. The average Bonchev–Trinajstić information content (AvgIpc) is 2.98. The van der Waals surface area contributed by atoms with Gasteiger partial charge in [-0.15, -0.1) is 0 Å². The summed E-state index contributed by atoms with van der Waals surface area (Å²) in [5.74, 6) is 0.0814. The highest BCUT2D eigenvalue weighted by atomic mass is 16.2. The summed E-state index contributed by atoms with van der Waals surface area (Å²) in [6.45, 7) is 5.31. The van der Waals surface area contributed by atoms with Crippen molar-refractivity contribution in [3.8, 4) is 0 Å². The number of nitrogens with zero attached hydrogens (tertiary/aromatic N) is 2. The first kappa shape index (κ1) is 25.1. The van der Waals surface area contributed by atoms with Crippen LogP contribution in [-0.2, 0) is 10.2 Å². The van der Waals surface area contributed by atoms with Crippen molar-refractivity contribution < 1.29 is 9.59 Å². The zero-order valence-corrected chi connectivity index (χ0v) is 21.7. The predicted octanol–water partition coefficient (Wildman–Crippen LogP) is 5.73.